The quantitative estimate of drug-likeness (QED) is 0.901. The summed E-state index contributed by atoms with van der Waals surface area (Å²) < 4.78 is 12.0. The Bertz CT molecular complexity index is 402. The third-order valence-electron chi connectivity index (χ3n) is 3.51. The highest BCUT2D eigenvalue weighted by Crippen LogP contribution is 2.26. The van der Waals surface area contributed by atoms with E-state index in [0.29, 0.717) is 12.8 Å². The lowest BCUT2D eigenvalue weighted by molar-refractivity contribution is -0.0148. The van der Waals surface area contributed by atoms with Crippen LogP contribution < -0.4 is 4.74 Å². The largest absolute Gasteiger partial charge is 0.496 e. The van der Waals surface area contributed by atoms with Crippen LogP contribution in [0.1, 0.15) is 31.2 Å². The van der Waals surface area contributed by atoms with E-state index in [1.165, 1.54) is 6.42 Å². The fourth-order valence-electron chi connectivity index (χ4n) is 2.54. The molecule has 106 valence electrons. The van der Waals surface area contributed by atoms with E-state index in [1.54, 1.807) is 7.11 Å². The maximum atomic E-state index is 10.2. The zero-order chi connectivity index (χ0) is 13.7. The minimum absolute atomic E-state index is 0.210. The van der Waals surface area contributed by atoms with E-state index < -0.39 is 0 Å². The molecule has 1 fully saturated rings. The Morgan fingerprint density at radius 1 is 1.47 bits per heavy atom. The molecule has 0 amide bonds. The van der Waals surface area contributed by atoms with Crippen LogP contribution in [0.2, 0.25) is 0 Å². The Kier molecular flexibility index (Phi) is 5.67. The zero-order valence-corrected chi connectivity index (χ0v) is 12.9. The van der Waals surface area contributed by atoms with Crippen LogP contribution in [0.4, 0.5) is 0 Å². The van der Waals surface area contributed by atoms with Crippen molar-refractivity contribution in [2.75, 3.05) is 13.7 Å². The SMILES string of the molecule is COc1ccc(Br)cc1CC(O)CC1CCCCO1. The van der Waals surface area contributed by atoms with Crippen molar-refractivity contribution in [3.05, 3.63) is 28.2 Å². The average molecular weight is 329 g/mol. The lowest BCUT2D eigenvalue weighted by Crippen LogP contribution is -2.25. The Labute approximate surface area is 123 Å². The summed E-state index contributed by atoms with van der Waals surface area (Å²) in [6.45, 7) is 0.831. The predicted molar refractivity (Wildman–Crippen MR) is 78.6 cm³/mol. The fraction of sp³-hybridized carbons (Fsp3) is 0.600. The number of hydrogen-bond donors (Lipinski definition) is 1. The number of aliphatic hydroxyl groups is 1. The van der Waals surface area contributed by atoms with E-state index in [1.807, 2.05) is 18.2 Å². The summed E-state index contributed by atoms with van der Waals surface area (Å²) in [5.74, 6) is 0.826. The van der Waals surface area contributed by atoms with E-state index in [-0.39, 0.29) is 12.2 Å². The van der Waals surface area contributed by atoms with Gasteiger partial charge in [0.1, 0.15) is 5.75 Å². The molecule has 0 bridgehead atoms. The third-order valence-corrected chi connectivity index (χ3v) is 4.00. The van der Waals surface area contributed by atoms with Gasteiger partial charge in [0.2, 0.25) is 0 Å². The molecule has 1 aliphatic rings. The van der Waals surface area contributed by atoms with E-state index in [9.17, 15) is 5.11 Å². The fourth-order valence-corrected chi connectivity index (χ4v) is 2.95. The molecule has 0 spiro atoms. The molecule has 2 atom stereocenters. The van der Waals surface area contributed by atoms with E-state index in [0.717, 1.165) is 35.2 Å². The molecule has 2 unspecified atom stereocenters. The highest BCUT2D eigenvalue weighted by Gasteiger charge is 2.19. The highest BCUT2D eigenvalue weighted by molar-refractivity contribution is 9.10. The van der Waals surface area contributed by atoms with Crippen molar-refractivity contribution < 1.29 is 14.6 Å². The predicted octanol–water partition coefficient (Wildman–Crippen LogP) is 3.32. The third kappa shape index (κ3) is 4.48. The van der Waals surface area contributed by atoms with Crippen molar-refractivity contribution in [3.63, 3.8) is 0 Å². The van der Waals surface area contributed by atoms with Crippen LogP contribution in [0, 0.1) is 0 Å². The molecule has 2 rings (SSSR count). The Morgan fingerprint density at radius 3 is 3.00 bits per heavy atom. The molecule has 1 aromatic carbocycles. The number of aliphatic hydroxyl groups excluding tert-OH is 1. The van der Waals surface area contributed by atoms with Gasteiger partial charge in [-0.1, -0.05) is 15.9 Å². The van der Waals surface area contributed by atoms with Crippen molar-refractivity contribution in [1.29, 1.82) is 0 Å². The zero-order valence-electron chi connectivity index (χ0n) is 11.3. The molecule has 0 radical (unpaired) electrons. The normalized spacial score (nSPS) is 21.1. The van der Waals surface area contributed by atoms with E-state index >= 15 is 0 Å². The maximum Gasteiger partial charge on any atom is 0.122 e. The van der Waals surface area contributed by atoms with Gasteiger partial charge in [-0.2, -0.15) is 0 Å². The van der Waals surface area contributed by atoms with Gasteiger partial charge in [0.25, 0.3) is 0 Å². The molecule has 1 aromatic rings. The molecule has 0 aliphatic carbocycles. The van der Waals surface area contributed by atoms with Crippen LogP contribution in [-0.2, 0) is 11.2 Å². The number of rotatable bonds is 5. The van der Waals surface area contributed by atoms with Crippen LogP contribution in [0.3, 0.4) is 0 Å². The smallest absolute Gasteiger partial charge is 0.122 e. The van der Waals surface area contributed by atoms with Gasteiger partial charge in [-0.15, -0.1) is 0 Å². The molecule has 19 heavy (non-hydrogen) atoms. The molecule has 1 saturated heterocycles. The number of benzene rings is 1. The van der Waals surface area contributed by atoms with Gasteiger partial charge in [-0.25, -0.2) is 0 Å². The van der Waals surface area contributed by atoms with Gasteiger partial charge < -0.3 is 14.6 Å². The summed E-state index contributed by atoms with van der Waals surface area (Å²) in [6, 6.07) is 5.87. The molecule has 0 aromatic heterocycles. The number of methoxy groups -OCH3 is 1. The molecule has 1 N–H and O–H groups in total. The van der Waals surface area contributed by atoms with Crippen LogP contribution in [0.15, 0.2) is 22.7 Å². The Balaban J connectivity index is 1.93. The highest BCUT2D eigenvalue weighted by atomic mass is 79.9. The molecule has 1 heterocycles. The van der Waals surface area contributed by atoms with Crippen LogP contribution in [0.25, 0.3) is 0 Å². The van der Waals surface area contributed by atoms with Gasteiger partial charge in [0, 0.05) is 17.5 Å². The number of halogens is 1. The first-order valence-electron chi connectivity index (χ1n) is 6.81. The van der Waals surface area contributed by atoms with Crippen LogP contribution >= 0.6 is 15.9 Å². The molecule has 3 nitrogen and oxygen atoms in total. The summed E-state index contributed by atoms with van der Waals surface area (Å²) in [6.07, 6.45) is 4.54. The Hall–Kier alpha value is -0.580. The second-order valence-electron chi connectivity index (χ2n) is 5.04. The lowest BCUT2D eigenvalue weighted by atomic mass is 9.98. The lowest BCUT2D eigenvalue weighted by Gasteiger charge is -2.25. The molecular weight excluding hydrogens is 308 g/mol. The topological polar surface area (TPSA) is 38.7 Å². The molecular formula is C15H21BrO3. The minimum atomic E-state index is -0.383. The van der Waals surface area contributed by atoms with Crippen LogP contribution in [-0.4, -0.2) is 31.0 Å². The van der Waals surface area contributed by atoms with Gasteiger partial charge in [-0.05, 0) is 49.4 Å². The Morgan fingerprint density at radius 2 is 2.32 bits per heavy atom. The second kappa shape index (κ2) is 7.27. The van der Waals surface area contributed by atoms with Gasteiger partial charge in [0.15, 0.2) is 0 Å². The standard InChI is InChI=1S/C15H21BrO3/c1-18-15-6-5-12(16)8-11(15)9-13(17)10-14-4-2-3-7-19-14/h5-6,8,13-14,17H,2-4,7,9-10H2,1H3. The summed E-state index contributed by atoms with van der Waals surface area (Å²) in [4.78, 5) is 0. The minimum Gasteiger partial charge on any atom is -0.496 e. The molecule has 0 saturated carbocycles. The number of ether oxygens (including phenoxy) is 2. The van der Waals surface area contributed by atoms with Crippen molar-refractivity contribution >= 4 is 15.9 Å². The summed E-state index contributed by atoms with van der Waals surface area (Å²) >= 11 is 3.45. The van der Waals surface area contributed by atoms with Gasteiger partial charge in [0.05, 0.1) is 19.3 Å². The monoisotopic (exact) mass is 328 g/mol. The number of hydrogen-bond acceptors (Lipinski definition) is 3. The maximum absolute atomic E-state index is 10.2. The summed E-state index contributed by atoms with van der Waals surface area (Å²) in [5.41, 5.74) is 1.03. The molecule has 4 heteroatoms. The summed E-state index contributed by atoms with van der Waals surface area (Å²) in [5, 5.41) is 10.2. The van der Waals surface area contributed by atoms with E-state index in [4.69, 9.17) is 9.47 Å². The average Bonchev–Trinajstić information content (AvgIpc) is 2.40. The van der Waals surface area contributed by atoms with E-state index in [2.05, 4.69) is 15.9 Å². The second-order valence-corrected chi connectivity index (χ2v) is 5.95. The van der Waals surface area contributed by atoms with Crippen molar-refractivity contribution in [1.82, 2.24) is 0 Å². The van der Waals surface area contributed by atoms with Crippen molar-refractivity contribution in [2.45, 2.75) is 44.3 Å². The molecule has 1 aliphatic heterocycles. The summed E-state index contributed by atoms with van der Waals surface area (Å²) in [7, 11) is 1.66. The van der Waals surface area contributed by atoms with Crippen molar-refractivity contribution in [3.8, 4) is 5.75 Å². The van der Waals surface area contributed by atoms with Gasteiger partial charge >= 0.3 is 0 Å². The van der Waals surface area contributed by atoms with Gasteiger partial charge in [-0.3, -0.25) is 0 Å². The first-order valence-corrected chi connectivity index (χ1v) is 7.60. The first-order chi connectivity index (χ1) is 9.19. The van der Waals surface area contributed by atoms with Crippen LogP contribution in [0.5, 0.6) is 5.75 Å². The first kappa shape index (κ1) is 14.8. The van der Waals surface area contributed by atoms with Crippen molar-refractivity contribution in [2.24, 2.45) is 0 Å².